The molecule has 0 saturated heterocycles. The van der Waals surface area contributed by atoms with Gasteiger partial charge < -0.3 is 14.2 Å². The maximum atomic E-state index is 12.4. The molecule has 2 aromatic carbocycles. The summed E-state index contributed by atoms with van der Waals surface area (Å²) < 4.78 is 41.2. The van der Waals surface area contributed by atoms with Crippen LogP contribution in [0, 0.1) is 0 Å². The minimum absolute atomic E-state index is 0.161. The number of esters is 1. The molecular formula is C20H20N2O6S. The first kappa shape index (κ1) is 20.4. The monoisotopic (exact) mass is 416 g/mol. The van der Waals surface area contributed by atoms with Gasteiger partial charge in [0, 0.05) is 0 Å². The second-order valence-electron chi connectivity index (χ2n) is 6.11. The van der Waals surface area contributed by atoms with Crippen LogP contribution in [0.25, 0.3) is 23.2 Å². The third kappa shape index (κ3) is 3.95. The van der Waals surface area contributed by atoms with Crippen molar-refractivity contribution in [3.8, 4) is 11.5 Å². The number of para-hydroxylation sites is 1. The highest BCUT2D eigenvalue weighted by Crippen LogP contribution is 2.29. The van der Waals surface area contributed by atoms with Gasteiger partial charge in [0.1, 0.15) is 11.3 Å². The molecule has 0 aliphatic rings. The van der Waals surface area contributed by atoms with E-state index in [-0.39, 0.29) is 16.9 Å². The van der Waals surface area contributed by atoms with E-state index in [2.05, 4.69) is 4.98 Å². The van der Waals surface area contributed by atoms with Crippen molar-refractivity contribution in [2.45, 2.75) is 0 Å². The first-order valence-electron chi connectivity index (χ1n) is 8.50. The number of benzene rings is 2. The van der Waals surface area contributed by atoms with E-state index < -0.39 is 16.0 Å². The summed E-state index contributed by atoms with van der Waals surface area (Å²) in [5.74, 6) is 0.688. The first-order valence-corrected chi connectivity index (χ1v) is 10.4. The predicted molar refractivity (Wildman–Crippen MR) is 110 cm³/mol. The predicted octanol–water partition coefficient (Wildman–Crippen LogP) is 2.82. The minimum Gasteiger partial charge on any atom is -0.493 e. The van der Waals surface area contributed by atoms with Crippen LogP contribution in [0.4, 0.5) is 0 Å². The molecule has 0 fully saturated rings. The van der Waals surface area contributed by atoms with Crippen molar-refractivity contribution in [3.63, 3.8) is 0 Å². The minimum atomic E-state index is -3.69. The highest BCUT2D eigenvalue weighted by atomic mass is 32.2. The molecule has 0 amide bonds. The molecule has 8 nitrogen and oxygen atoms in total. The lowest BCUT2D eigenvalue weighted by Crippen LogP contribution is -2.11. The molecule has 0 aliphatic heterocycles. The number of hydrogen-bond donors (Lipinski definition) is 0. The lowest BCUT2D eigenvalue weighted by molar-refractivity contribution is 0.0602. The number of fused-ring (bicyclic) bond motifs is 1. The molecule has 0 saturated carbocycles. The Morgan fingerprint density at radius 3 is 2.38 bits per heavy atom. The Hall–Kier alpha value is -3.33. The van der Waals surface area contributed by atoms with Gasteiger partial charge in [-0.2, -0.15) is 0 Å². The number of nitrogens with zero attached hydrogens (tertiary/aromatic N) is 2. The zero-order valence-corrected chi connectivity index (χ0v) is 17.2. The number of hydrogen-bond acceptors (Lipinski definition) is 7. The van der Waals surface area contributed by atoms with Gasteiger partial charge in [-0.1, -0.05) is 18.2 Å². The van der Waals surface area contributed by atoms with Gasteiger partial charge >= 0.3 is 5.97 Å². The highest BCUT2D eigenvalue weighted by molar-refractivity contribution is 7.89. The van der Waals surface area contributed by atoms with Crippen LogP contribution < -0.4 is 9.47 Å². The van der Waals surface area contributed by atoms with Crippen LogP contribution >= 0.6 is 0 Å². The Balaban J connectivity index is 2.16. The van der Waals surface area contributed by atoms with Crippen molar-refractivity contribution in [2.75, 3.05) is 27.6 Å². The summed E-state index contributed by atoms with van der Waals surface area (Å²) in [6, 6.07) is 10.0. The number of rotatable bonds is 6. The Bertz CT molecular complexity index is 1210. The molecule has 1 aromatic heterocycles. The quantitative estimate of drug-likeness (QED) is 0.570. The van der Waals surface area contributed by atoms with Crippen molar-refractivity contribution in [3.05, 3.63) is 53.3 Å². The molecule has 0 radical (unpaired) electrons. The molecule has 0 aliphatic carbocycles. The van der Waals surface area contributed by atoms with Crippen LogP contribution in [0.15, 0.2) is 36.4 Å². The molecule has 29 heavy (non-hydrogen) atoms. The van der Waals surface area contributed by atoms with Crippen molar-refractivity contribution in [1.82, 2.24) is 8.96 Å². The molecule has 0 atom stereocenters. The molecule has 0 spiro atoms. The number of carbonyl (C=O) groups is 1. The molecule has 0 unspecified atom stereocenters. The molecule has 0 bridgehead atoms. The van der Waals surface area contributed by atoms with E-state index in [0.29, 0.717) is 17.0 Å². The van der Waals surface area contributed by atoms with Gasteiger partial charge in [0.25, 0.3) is 0 Å². The van der Waals surface area contributed by atoms with Gasteiger partial charge in [-0.15, -0.1) is 0 Å². The summed E-state index contributed by atoms with van der Waals surface area (Å²) >= 11 is 0. The second kappa shape index (κ2) is 7.96. The normalized spacial score (nSPS) is 11.7. The summed E-state index contributed by atoms with van der Waals surface area (Å²) in [5.41, 5.74) is 1.48. The summed E-state index contributed by atoms with van der Waals surface area (Å²) in [7, 11) is 0.642. The molecular weight excluding hydrogens is 396 g/mol. The third-order valence-electron chi connectivity index (χ3n) is 4.24. The van der Waals surface area contributed by atoms with E-state index >= 15 is 0 Å². The van der Waals surface area contributed by atoms with Crippen molar-refractivity contribution >= 4 is 39.2 Å². The standard InChI is InChI=1S/C20H20N2O6S/c1-26-16-10-8-13(12-17(16)27-2)9-11-18-21-19-14(20(23)28-3)6-5-7-15(19)22(18)29(4,24)25/h5-12H,1-4H3. The summed E-state index contributed by atoms with van der Waals surface area (Å²) in [5, 5.41) is 0. The molecule has 0 N–H and O–H groups in total. The smallest absolute Gasteiger partial charge is 0.340 e. The van der Waals surface area contributed by atoms with Crippen LogP contribution in [-0.4, -0.2) is 50.9 Å². The Morgan fingerprint density at radius 2 is 1.76 bits per heavy atom. The fourth-order valence-corrected chi connectivity index (χ4v) is 3.90. The van der Waals surface area contributed by atoms with Crippen molar-refractivity contribution in [2.24, 2.45) is 0 Å². The lowest BCUT2D eigenvalue weighted by Gasteiger charge is -2.07. The second-order valence-corrected chi connectivity index (χ2v) is 7.94. The van der Waals surface area contributed by atoms with E-state index in [1.165, 1.54) is 20.3 Å². The Morgan fingerprint density at radius 1 is 1.03 bits per heavy atom. The number of carbonyl (C=O) groups excluding carboxylic acids is 1. The summed E-state index contributed by atoms with van der Waals surface area (Å²) in [4.78, 5) is 16.4. The van der Waals surface area contributed by atoms with E-state index in [1.54, 1.807) is 49.6 Å². The number of methoxy groups -OCH3 is 3. The SMILES string of the molecule is COC(=O)c1cccc2c1nc(C=Cc1ccc(OC)c(OC)c1)n2S(C)(=O)=O. The fourth-order valence-electron chi connectivity index (χ4n) is 2.95. The summed E-state index contributed by atoms with van der Waals surface area (Å²) in [6.45, 7) is 0. The van der Waals surface area contributed by atoms with E-state index in [4.69, 9.17) is 14.2 Å². The van der Waals surface area contributed by atoms with Crippen molar-refractivity contribution in [1.29, 1.82) is 0 Å². The highest BCUT2D eigenvalue weighted by Gasteiger charge is 2.21. The molecule has 3 rings (SSSR count). The molecule has 9 heteroatoms. The molecule has 152 valence electrons. The fraction of sp³-hybridized carbons (Fsp3) is 0.200. The number of imidazole rings is 1. The van der Waals surface area contributed by atoms with Crippen LogP contribution in [-0.2, 0) is 14.8 Å². The van der Waals surface area contributed by atoms with Gasteiger partial charge in [-0.05, 0) is 35.9 Å². The van der Waals surface area contributed by atoms with Crippen LogP contribution in [0.3, 0.4) is 0 Å². The topological polar surface area (TPSA) is 96.7 Å². The van der Waals surface area contributed by atoms with Gasteiger partial charge in [-0.3, -0.25) is 0 Å². The van der Waals surface area contributed by atoms with Gasteiger partial charge in [0.2, 0.25) is 10.0 Å². The molecule has 3 aromatic rings. The van der Waals surface area contributed by atoms with Crippen LogP contribution in [0.1, 0.15) is 21.7 Å². The lowest BCUT2D eigenvalue weighted by atomic mass is 10.2. The van der Waals surface area contributed by atoms with Gasteiger partial charge in [-0.25, -0.2) is 22.2 Å². The average molecular weight is 416 g/mol. The first-order chi connectivity index (χ1) is 13.8. The maximum absolute atomic E-state index is 12.4. The van der Waals surface area contributed by atoms with Crippen molar-refractivity contribution < 1.29 is 27.4 Å². The van der Waals surface area contributed by atoms with E-state index in [0.717, 1.165) is 15.8 Å². The van der Waals surface area contributed by atoms with E-state index in [1.807, 2.05) is 0 Å². The zero-order chi connectivity index (χ0) is 21.2. The van der Waals surface area contributed by atoms with Crippen LogP contribution in [0.5, 0.6) is 11.5 Å². The average Bonchev–Trinajstić information content (AvgIpc) is 3.10. The number of ether oxygens (including phenoxy) is 3. The maximum Gasteiger partial charge on any atom is 0.340 e. The zero-order valence-electron chi connectivity index (χ0n) is 16.4. The van der Waals surface area contributed by atoms with Gasteiger partial charge in [0.15, 0.2) is 11.5 Å². The largest absolute Gasteiger partial charge is 0.493 e. The van der Waals surface area contributed by atoms with Gasteiger partial charge in [0.05, 0.1) is 38.7 Å². The Labute approximate surface area is 168 Å². The third-order valence-corrected chi connectivity index (χ3v) is 5.28. The molecule has 1 heterocycles. The van der Waals surface area contributed by atoms with E-state index in [9.17, 15) is 13.2 Å². The Kier molecular flexibility index (Phi) is 5.60. The summed E-state index contributed by atoms with van der Waals surface area (Å²) in [6.07, 6.45) is 4.33. The van der Waals surface area contributed by atoms with Crippen LogP contribution in [0.2, 0.25) is 0 Å². The number of aromatic nitrogens is 2.